The molecule has 0 saturated carbocycles. The van der Waals surface area contributed by atoms with E-state index in [0.717, 1.165) is 18.7 Å². The molecule has 2 rings (SSSR count). The number of aryl methyl sites for hydroxylation is 1. The van der Waals surface area contributed by atoms with Crippen LogP contribution < -0.4 is 5.43 Å². The van der Waals surface area contributed by atoms with Crippen LogP contribution in [0.3, 0.4) is 0 Å². The molecule has 0 saturated heterocycles. The number of aromatic nitrogens is 3. The molecule has 0 bridgehead atoms. The van der Waals surface area contributed by atoms with Gasteiger partial charge >= 0.3 is 0 Å². The third-order valence-electron chi connectivity index (χ3n) is 2.16. The number of hydrogen-bond donors (Lipinski definition) is 0. The van der Waals surface area contributed by atoms with Crippen LogP contribution in [0.25, 0.3) is 0 Å². The molecule has 0 atom stereocenters. The standard InChI is InChI=1S/C11H13N3O2/c1-2-3-10-12-11(16-13-10)8-14-6-4-9(15)5-7-14/h4-7H,2-3,8H2,1H3. The minimum Gasteiger partial charge on any atom is -0.345 e. The first-order chi connectivity index (χ1) is 7.78. The Morgan fingerprint density at radius 3 is 2.81 bits per heavy atom. The lowest BCUT2D eigenvalue weighted by atomic mass is 10.3. The van der Waals surface area contributed by atoms with Crippen LogP contribution in [0.4, 0.5) is 0 Å². The highest BCUT2D eigenvalue weighted by molar-refractivity contribution is 4.96. The smallest absolute Gasteiger partial charge is 0.246 e. The Morgan fingerprint density at radius 2 is 2.12 bits per heavy atom. The van der Waals surface area contributed by atoms with Gasteiger partial charge in [-0.05, 0) is 6.42 Å². The Bertz CT molecular complexity index is 495. The van der Waals surface area contributed by atoms with Gasteiger partial charge in [0.05, 0.1) is 0 Å². The first-order valence-corrected chi connectivity index (χ1v) is 5.25. The number of pyridine rings is 1. The van der Waals surface area contributed by atoms with Crippen molar-refractivity contribution in [2.45, 2.75) is 26.3 Å². The average Bonchev–Trinajstić information content (AvgIpc) is 2.70. The Balaban J connectivity index is 2.08. The quantitative estimate of drug-likeness (QED) is 0.776. The second-order valence-electron chi connectivity index (χ2n) is 3.56. The van der Waals surface area contributed by atoms with Gasteiger partial charge in [0.2, 0.25) is 5.89 Å². The van der Waals surface area contributed by atoms with E-state index >= 15 is 0 Å². The summed E-state index contributed by atoms with van der Waals surface area (Å²) < 4.78 is 6.92. The van der Waals surface area contributed by atoms with E-state index in [2.05, 4.69) is 17.1 Å². The highest BCUT2D eigenvalue weighted by Crippen LogP contribution is 2.02. The van der Waals surface area contributed by atoms with Crippen molar-refractivity contribution in [3.63, 3.8) is 0 Å². The van der Waals surface area contributed by atoms with E-state index in [1.54, 1.807) is 12.4 Å². The molecule has 2 aromatic heterocycles. The molecule has 5 nitrogen and oxygen atoms in total. The molecule has 0 N–H and O–H groups in total. The Kier molecular flexibility index (Phi) is 3.14. The molecule has 16 heavy (non-hydrogen) atoms. The Hall–Kier alpha value is -1.91. The van der Waals surface area contributed by atoms with E-state index < -0.39 is 0 Å². The molecule has 0 aliphatic heterocycles. The van der Waals surface area contributed by atoms with E-state index in [1.807, 2.05) is 4.57 Å². The first-order valence-electron chi connectivity index (χ1n) is 5.25. The highest BCUT2D eigenvalue weighted by atomic mass is 16.5. The molecule has 2 heterocycles. The summed E-state index contributed by atoms with van der Waals surface area (Å²) in [5.74, 6) is 1.30. The third-order valence-corrected chi connectivity index (χ3v) is 2.16. The van der Waals surface area contributed by atoms with Crippen molar-refractivity contribution < 1.29 is 4.52 Å². The number of nitrogens with zero attached hydrogens (tertiary/aromatic N) is 3. The fourth-order valence-corrected chi connectivity index (χ4v) is 1.38. The summed E-state index contributed by atoms with van der Waals surface area (Å²) in [6.45, 7) is 2.56. The van der Waals surface area contributed by atoms with Crippen molar-refractivity contribution in [1.82, 2.24) is 14.7 Å². The largest absolute Gasteiger partial charge is 0.345 e. The van der Waals surface area contributed by atoms with Gasteiger partial charge in [-0.1, -0.05) is 12.1 Å². The second kappa shape index (κ2) is 4.74. The highest BCUT2D eigenvalue weighted by Gasteiger charge is 2.04. The third kappa shape index (κ3) is 2.56. The van der Waals surface area contributed by atoms with Crippen LogP contribution in [0.1, 0.15) is 25.1 Å². The van der Waals surface area contributed by atoms with Crippen molar-refractivity contribution >= 4 is 0 Å². The average molecular weight is 219 g/mol. The molecule has 0 fully saturated rings. The number of hydrogen-bond acceptors (Lipinski definition) is 4. The summed E-state index contributed by atoms with van der Waals surface area (Å²) in [7, 11) is 0. The van der Waals surface area contributed by atoms with Crippen molar-refractivity contribution in [3.05, 3.63) is 46.5 Å². The maximum Gasteiger partial charge on any atom is 0.246 e. The fourth-order valence-electron chi connectivity index (χ4n) is 1.38. The lowest BCUT2D eigenvalue weighted by Gasteiger charge is -1.99. The van der Waals surface area contributed by atoms with E-state index in [1.165, 1.54) is 12.1 Å². The lowest BCUT2D eigenvalue weighted by molar-refractivity contribution is 0.365. The fraction of sp³-hybridized carbons (Fsp3) is 0.364. The van der Waals surface area contributed by atoms with Crippen LogP contribution in [0.2, 0.25) is 0 Å². The van der Waals surface area contributed by atoms with E-state index in [0.29, 0.717) is 12.4 Å². The molecule has 0 amide bonds. The van der Waals surface area contributed by atoms with Crippen LogP contribution in [-0.4, -0.2) is 14.7 Å². The molecule has 0 radical (unpaired) electrons. The summed E-state index contributed by atoms with van der Waals surface area (Å²) in [6, 6.07) is 3.01. The summed E-state index contributed by atoms with van der Waals surface area (Å²) in [4.78, 5) is 15.1. The maximum atomic E-state index is 10.9. The molecule has 5 heteroatoms. The van der Waals surface area contributed by atoms with Crippen LogP contribution in [0.5, 0.6) is 0 Å². The van der Waals surface area contributed by atoms with Gasteiger partial charge in [0.15, 0.2) is 11.3 Å². The predicted octanol–water partition coefficient (Wildman–Crippen LogP) is 1.23. The van der Waals surface area contributed by atoms with E-state index in [4.69, 9.17) is 4.52 Å². The zero-order chi connectivity index (χ0) is 11.4. The van der Waals surface area contributed by atoms with Crippen molar-refractivity contribution in [2.75, 3.05) is 0 Å². The van der Waals surface area contributed by atoms with Gasteiger partial charge in [-0.15, -0.1) is 0 Å². The van der Waals surface area contributed by atoms with Gasteiger partial charge in [0, 0.05) is 30.9 Å². The molecular weight excluding hydrogens is 206 g/mol. The van der Waals surface area contributed by atoms with Gasteiger partial charge in [0.1, 0.15) is 6.54 Å². The minimum atomic E-state index is -0.00606. The molecule has 0 spiro atoms. The Morgan fingerprint density at radius 1 is 1.38 bits per heavy atom. The lowest BCUT2D eigenvalue weighted by Crippen LogP contribution is -2.04. The maximum absolute atomic E-state index is 10.9. The molecule has 0 aliphatic rings. The summed E-state index contributed by atoms with van der Waals surface area (Å²) in [5.41, 5.74) is -0.00606. The monoisotopic (exact) mass is 219 g/mol. The molecular formula is C11H13N3O2. The predicted molar refractivity (Wildman–Crippen MR) is 58.1 cm³/mol. The molecule has 0 aliphatic carbocycles. The van der Waals surface area contributed by atoms with Crippen molar-refractivity contribution in [3.8, 4) is 0 Å². The van der Waals surface area contributed by atoms with Crippen molar-refractivity contribution in [1.29, 1.82) is 0 Å². The Labute approximate surface area is 92.7 Å². The molecule has 2 aromatic rings. The summed E-state index contributed by atoms with van der Waals surface area (Å²) in [5, 5.41) is 3.86. The van der Waals surface area contributed by atoms with Crippen LogP contribution in [0, 0.1) is 0 Å². The molecule has 0 unspecified atom stereocenters. The van der Waals surface area contributed by atoms with Gasteiger partial charge in [-0.25, -0.2) is 0 Å². The summed E-state index contributed by atoms with van der Waals surface area (Å²) >= 11 is 0. The van der Waals surface area contributed by atoms with E-state index in [9.17, 15) is 4.79 Å². The topological polar surface area (TPSA) is 60.9 Å². The normalized spacial score (nSPS) is 10.6. The first kappa shape index (κ1) is 10.6. The van der Waals surface area contributed by atoms with Gasteiger partial charge < -0.3 is 9.09 Å². The SMILES string of the molecule is CCCc1noc(Cn2ccc(=O)cc2)n1. The van der Waals surface area contributed by atoms with E-state index in [-0.39, 0.29) is 5.43 Å². The van der Waals surface area contributed by atoms with Crippen molar-refractivity contribution in [2.24, 2.45) is 0 Å². The number of rotatable bonds is 4. The van der Waals surface area contributed by atoms with Gasteiger partial charge in [-0.3, -0.25) is 4.79 Å². The van der Waals surface area contributed by atoms with Crippen LogP contribution >= 0.6 is 0 Å². The second-order valence-corrected chi connectivity index (χ2v) is 3.56. The molecule has 84 valence electrons. The zero-order valence-electron chi connectivity index (χ0n) is 9.09. The zero-order valence-corrected chi connectivity index (χ0v) is 9.09. The van der Waals surface area contributed by atoms with Crippen LogP contribution in [0.15, 0.2) is 33.8 Å². The molecule has 0 aromatic carbocycles. The van der Waals surface area contributed by atoms with Gasteiger partial charge in [-0.2, -0.15) is 4.98 Å². The minimum absolute atomic E-state index is 0.00606. The van der Waals surface area contributed by atoms with Gasteiger partial charge in [0.25, 0.3) is 0 Å². The van der Waals surface area contributed by atoms with Crippen LogP contribution in [-0.2, 0) is 13.0 Å². The summed E-state index contributed by atoms with van der Waals surface area (Å²) in [6.07, 6.45) is 5.22.